The predicted molar refractivity (Wildman–Crippen MR) is 81.2 cm³/mol. The largest absolute Gasteiger partial charge is 0.399 e. The van der Waals surface area contributed by atoms with Crippen LogP contribution in [0.5, 0.6) is 0 Å². The molecule has 0 fully saturated rings. The molecule has 0 unspecified atom stereocenters. The van der Waals surface area contributed by atoms with Crippen LogP contribution >= 0.6 is 23.1 Å². The van der Waals surface area contributed by atoms with E-state index in [0.717, 1.165) is 30.0 Å². The molecule has 0 radical (unpaired) electrons. The zero-order valence-electron chi connectivity index (χ0n) is 10.3. The summed E-state index contributed by atoms with van der Waals surface area (Å²) in [5, 5.41) is 0.658. The first kappa shape index (κ1) is 13.2. The first-order chi connectivity index (χ1) is 8.65. The van der Waals surface area contributed by atoms with Gasteiger partial charge in [-0.1, -0.05) is 23.5 Å². The summed E-state index contributed by atoms with van der Waals surface area (Å²) in [7, 11) is 0. The molecule has 3 nitrogen and oxygen atoms in total. The standard InChI is InChI=1S/C13H17N3S2/c1-9-12(18-13(15)16-9)17-7-3-5-10-4-2-6-11(14)8-10/h2,4,6,8H,3,5,7,14H2,1H3,(H2,15,16). The molecule has 1 aromatic carbocycles. The van der Waals surface area contributed by atoms with Crippen LogP contribution in [0.3, 0.4) is 0 Å². The predicted octanol–water partition coefficient (Wildman–Crippen LogP) is 3.34. The number of rotatable bonds is 5. The van der Waals surface area contributed by atoms with Crippen LogP contribution < -0.4 is 11.5 Å². The molecule has 18 heavy (non-hydrogen) atoms. The summed E-state index contributed by atoms with van der Waals surface area (Å²) in [4.78, 5) is 4.22. The second-order valence-corrected chi connectivity index (χ2v) is 6.52. The zero-order valence-corrected chi connectivity index (χ0v) is 12.0. The van der Waals surface area contributed by atoms with Gasteiger partial charge in [0, 0.05) is 5.69 Å². The van der Waals surface area contributed by atoms with E-state index in [2.05, 4.69) is 11.1 Å². The molecule has 0 bridgehead atoms. The number of anilines is 2. The SMILES string of the molecule is Cc1nc(N)sc1SCCCc1cccc(N)c1. The summed E-state index contributed by atoms with van der Waals surface area (Å²) in [5.41, 5.74) is 14.6. The smallest absolute Gasteiger partial charge is 0.181 e. The fourth-order valence-electron chi connectivity index (χ4n) is 1.73. The van der Waals surface area contributed by atoms with E-state index >= 15 is 0 Å². The van der Waals surface area contributed by atoms with Gasteiger partial charge in [0.05, 0.1) is 9.90 Å². The lowest BCUT2D eigenvalue weighted by Crippen LogP contribution is -1.90. The van der Waals surface area contributed by atoms with Gasteiger partial charge in [-0.25, -0.2) is 4.98 Å². The van der Waals surface area contributed by atoms with E-state index < -0.39 is 0 Å². The molecule has 1 heterocycles. The zero-order chi connectivity index (χ0) is 13.0. The highest BCUT2D eigenvalue weighted by atomic mass is 32.2. The van der Waals surface area contributed by atoms with Gasteiger partial charge < -0.3 is 11.5 Å². The van der Waals surface area contributed by atoms with Gasteiger partial charge in [0.25, 0.3) is 0 Å². The minimum Gasteiger partial charge on any atom is -0.399 e. The van der Waals surface area contributed by atoms with Crippen LogP contribution in [0.1, 0.15) is 17.7 Å². The monoisotopic (exact) mass is 279 g/mol. The molecule has 96 valence electrons. The number of aromatic nitrogens is 1. The molecule has 4 N–H and O–H groups in total. The van der Waals surface area contributed by atoms with E-state index in [1.807, 2.05) is 36.9 Å². The van der Waals surface area contributed by atoms with Crippen LogP contribution in [0, 0.1) is 6.92 Å². The maximum Gasteiger partial charge on any atom is 0.181 e. The molecule has 5 heteroatoms. The third-order valence-electron chi connectivity index (χ3n) is 2.56. The third kappa shape index (κ3) is 3.65. The van der Waals surface area contributed by atoms with Crippen molar-refractivity contribution in [1.82, 2.24) is 4.98 Å². The Morgan fingerprint density at radius 2 is 2.17 bits per heavy atom. The van der Waals surface area contributed by atoms with E-state index in [4.69, 9.17) is 11.5 Å². The molecule has 0 atom stereocenters. The molecule has 2 rings (SSSR count). The Hall–Kier alpha value is -1.20. The summed E-state index contributed by atoms with van der Waals surface area (Å²) in [5.74, 6) is 1.08. The van der Waals surface area contributed by atoms with Gasteiger partial charge in [-0.3, -0.25) is 0 Å². The van der Waals surface area contributed by atoms with Gasteiger partial charge in [-0.2, -0.15) is 0 Å². The van der Waals surface area contributed by atoms with Crippen LogP contribution in [0.2, 0.25) is 0 Å². The number of thioether (sulfide) groups is 1. The summed E-state index contributed by atoms with van der Waals surface area (Å²) in [6.07, 6.45) is 2.19. The number of thiazole rings is 1. The summed E-state index contributed by atoms with van der Waals surface area (Å²) < 4.78 is 1.24. The minimum atomic E-state index is 0.658. The average Bonchev–Trinajstić information content (AvgIpc) is 2.64. The Kier molecular flexibility index (Phi) is 4.49. The highest BCUT2D eigenvalue weighted by Crippen LogP contribution is 2.30. The van der Waals surface area contributed by atoms with Crippen molar-refractivity contribution in [1.29, 1.82) is 0 Å². The molecule has 0 saturated carbocycles. The lowest BCUT2D eigenvalue weighted by atomic mass is 10.1. The second-order valence-electron chi connectivity index (χ2n) is 4.12. The summed E-state index contributed by atoms with van der Waals surface area (Å²) in [6.45, 7) is 2.01. The lowest BCUT2D eigenvalue weighted by molar-refractivity contribution is 0.934. The van der Waals surface area contributed by atoms with Crippen molar-refractivity contribution in [3.05, 3.63) is 35.5 Å². The van der Waals surface area contributed by atoms with Crippen molar-refractivity contribution in [2.75, 3.05) is 17.2 Å². The molecule has 1 aromatic heterocycles. The normalized spacial score (nSPS) is 10.7. The molecular weight excluding hydrogens is 262 g/mol. The van der Waals surface area contributed by atoms with Gasteiger partial charge in [-0.05, 0) is 43.2 Å². The highest BCUT2D eigenvalue weighted by molar-refractivity contribution is 8.01. The number of hydrogen-bond donors (Lipinski definition) is 2. The fraction of sp³-hybridized carbons (Fsp3) is 0.308. The maximum atomic E-state index is 5.75. The van der Waals surface area contributed by atoms with Crippen molar-refractivity contribution in [3.63, 3.8) is 0 Å². The fourth-order valence-corrected chi connectivity index (χ4v) is 3.76. The minimum absolute atomic E-state index is 0.658. The molecule has 0 spiro atoms. The molecular formula is C13H17N3S2. The Labute approximate surface area is 116 Å². The van der Waals surface area contributed by atoms with Gasteiger partial charge in [-0.15, -0.1) is 11.8 Å². The molecule has 0 aliphatic rings. The number of aryl methyl sites for hydroxylation is 2. The third-order valence-corrected chi connectivity index (χ3v) is 5.00. The molecule has 0 aliphatic carbocycles. The van der Waals surface area contributed by atoms with Crippen molar-refractivity contribution in [2.45, 2.75) is 24.0 Å². The summed E-state index contributed by atoms with van der Waals surface area (Å²) in [6, 6.07) is 8.09. The number of nitrogen functional groups attached to an aromatic ring is 2. The average molecular weight is 279 g/mol. The number of hydrogen-bond acceptors (Lipinski definition) is 5. The van der Waals surface area contributed by atoms with Gasteiger partial charge in [0.1, 0.15) is 0 Å². The van der Waals surface area contributed by atoms with Crippen LogP contribution in [-0.4, -0.2) is 10.7 Å². The first-order valence-electron chi connectivity index (χ1n) is 5.85. The molecule has 0 amide bonds. The van der Waals surface area contributed by atoms with E-state index in [9.17, 15) is 0 Å². The van der Waals surface area contributed by atoms with E-state index in [1.54, 1.807) is 11.3 Å². The van der Waals surface area contributed by atoms with E-state index in [0.29, 0.717) is 5.13 Å². The molecule has 0 aliphatic heterocycles. The van der Waals surface area contributed by atoms with E-state index in [-0.39, 0.29) is 0 Å². The lowest BCUT2D eigenvalue weighted by Gasteiger charge is -2.02. The molecule has 2 aromatic rings. The van der Waals surface area contributed by atoms with Crippen LogP contribution in [0.15, 0.2) is 28.5 Å². The first-order valence-corrected chi connectivity index (χ1v) is 7.65. The van der Waals surface area contributed by atoms with Crippen molar-refractivity contribution in [2.24, 2.45) is 0 Å². The Bertz CT molecular complexity index is 523. The van der Waals surface area contributed by atoms with Crippen LogP contribution in [0.4, 0.5) is 10.8 Å². The number of nitrogens with zero attached hydrogens (tertiary/aromatic N) is 1. The van der Waals surface area contributed by atoms with Crippen LogP contribution in [0.25, 0.3) is 0 Å². The Morgan fingerprint density at radius 3 is 2.83 bits per heavy atom. The van der Waals surface area contributed by atoms with Crippen LogP contribution in [-0.2, 0) is 6.42 Å². The summed E-state index contributed by atoms with van der Waals surface area (Å²) >= 11 is 3.41. The van der Waals surface area contributed by atoms with Crippen molar-refractivity contribution in [3.8, 4) is 0 Å². The second kappa shape index (κ2) is 6.11. The maximum absolute atomic E-state index is 5.75. The van der Waals surface area contributed by atoms with Gasteiger partial charge >= 0.3 is 0 Å². The van der Waals surface area contributed by atoms with Gasteiger partial charge in [0.2, 0.25) is 0 Å². The number of nitrogens with two attached hydrogens (primary N) is 2. The van der Waals surface area contributed by atoms with E-state index in [1.165, 1.54) is 9.77 Å². The quantitative estimate of drug-likeness (QED) is 0.500. The highest BCUT2D eigenvalue weighted by Gasteiger charge is 2.05. The Balaban J connectivity index is 1.78. The van der Waals surface area contributed by atoms with Gasteiger partial charge in [0.15, 0.2) is 5.13 Å². The van der Waals surface area contributed by atoms with Crippen molar-refractivity contribution >= 4 is 33.9 Å². The topological polar surface area (TPSA) is 64.9 Å². The van der Waals surface area contributed by atoms with Crippen molar-refractivity contribution < 1.29 is 0 Å². The molecule has 0 saturated heterocycles. The number of benzene rings is 1. The Morgan fingerprint density at radius 1 is 1.33 bits per heavy atom.